The van der Waals surface area contributed by atoms with E-state index in [0.717, 1.165) is 0 Å². The van der Waals surface area contributed by atoms with Crippen molar-refractivity contribution >= 4 is 0 Å². The number of hydrogen-bond donors (Lipinski definition) is 1. The van der Waals surface area contributed by atoms with Crippen molar-refractivity contribution < 1.29 is 19.0 Å². The molecule has 1 rings (SSSR count). The molecule has 84 valence electrons. The maximum absolute atomic E-state index is 13.6. The van der Waals surface area contributed by atoms with Crippen LogP contribution in [0.3, 0.4) is 0 Å². The largest absolute Gasteiger partial charge is 0.496 e. The predicted molar refractivity (Wildman–Crippen MR) is 54.4 cm³/mol. The molecular formula is C11H15FO3. The summed E-state index contributed by atoms with van der Waals surface area (Å²) in [6.45, 7) is 1.49. The fourth-order valence-corrected chi connectivity index (χ4v) is 1.55. The molecule has 0 aliphatic heterocycles. The highest BCUT2D eigenvalue weighted by Crippen LogP contribution is 2.32. The van der Waals surface area contributed by atoms with Crippen LogP contribution in [0.5, 0.6) is 5.75 Å². The van der Waals surface area contributed by atoms with E-state index in [4.69, 9.17) is 9.47 Å². The van der Waals surface area contributed by atoms with Gasteiger partial charge in [0.1, 0.15) is 17.2 Å². The van der Waals surface area contributed by atoms with Gasteiger partial charge in [0, 0.05) is 7.11 Å². The summed E-state index contributed by atoms with van der Waals surface area (Å²) in [5.74, 6) is -0.187. The highest BCUT2D eigenvalue weighted by atomic mass is 19.1. The van der Waals surface area contributed by atoms with E-state index in [0.29, 0.717) is 5.75 Å². The molecule has 0 amide bonds. The van der Waals surface area contributed by atoms with Crippen LogP contribution in [0.1, 0.15) is 12.5 Å². The Balaban J connectivity index is 3.21. The minimum Gasteiger partial charge on any atom is -0.496 e. The SMILES string of the molecule is COCC(C)(O)c1c(F)cccc1OC. The van der Waals surface area contributed by atoms with Crippen LogP contribution in [-0.4, -0.2) is 25.9 Å². The molecule has 0 aliphatic carbocycles. The van der Waals surface area contributed by atoms with E-state index in [-0.39, 0.29) is 12.2 Å². The van der Waals surface area contributed by atoms with E-state index in [2.05, 4.69) is 0 Å². The Morgan fingerprint density at radius 3 is 2.60 bits per heavy atom. The van der Waals surface area contributed by atoms with E-state index in [1.807, 2.05) is 0 Å². The molecular weight excluding hydrogens is 199 g/mol. The average molecular weight is 214 g/mol. The smallest absolute Gasteiger partial charge is 0.133 e. The molecule has 1 aromatic carbocycles. The maximum atomic E-state index is 13.6. The molecule has 0 saturated heterocycles. The molecule has 4 heteroatoms. The zero-order chi connectivity index (χ0) is 11.5. The summed E-state index contributed by atoms with van der Waals surface area (Å²) in [6, 6.07) is 4.41. The summed E-state index contributed by atoms with van der Waals surface area (Å²) >= 11 is 0. The predicted octanol–water partition coefficient (Wildman–Crippen LogP) is 1.69. The van der Waals surface area contributed by atoms with E-state index in [1.54, 1.807) is 6.07 Å². The summed E-state index contributed by atoms with van der Waals surface area (Å²) < 4.78 is 23.4. The van der Waals surface area contributed by atoms with E-state index >= 15 is 0 Å². The summed E-state index contributed by atoms with van der Waals surface area (Å²) in [4.78, 5) is 0. The first-order valence-corrected chi connectivity index (χ1v) is 4.57. The molecule has 0 saturated carbocycles. The Labute approximate surface area is 88.4 Å². The van der Waals surface area contributed by atoms with Crippen molar-refractivity contribution in [2.24, 2.45) is 0 Å². The zero-order valence-electron chi connectivity index (χ0n) is 9.08. The summed E-state index contributed by atoms with van der Waals surface area (Å²) in [5.41, 5.74) is -1.28. The summed E-state index contributed by atoms with van der Waals surface area (Å²) in [7, 11) is 2.88. The second-order valence-corrected chi connectivity index (χ2v) is 3.52. The lowest BCUT2D eigenvalue weighted by molar-refractivity contribution is -0.0247. The third kappa shape index (κ3) is 2.46. The van der Waals surface area contributed by atoms with Crippen LogP contribution >= 0.6 is 0 Å². The normalized spacial score (nSPS) is 14.7. The fourth-order valence-electron chi connectivity index (χ4n) is 1.55. The van der Waals surface area contributed by atoms with Gasteiger partial charge in [-0.25, -0.2) is 4.39 Å². The highest BCUT2D eigenvalue weighted by Gasteiger charge is 2.30. The minimum absolute atomic E-state index is 0.00426. The van der Waals surface area contributed by atoms with Gasteiger partial charge in [-0.1, -0.05) is 6.07 Å². The van der Waals surface area contributed by atoms with Gasteiger partial charge in [-0.2, -0.15) is 0 Å². The number of ether oxygens (including phenoxy) is 2. The Morgan fingerprint density at radius 2 is 2.07 bits per heavy atom. The molecule has 0 fully saturated rings. The van der Waals surface area contributed by atoms with Crippen LogP contribution in [-0.2, 0) is 10.3 Å². The fraction of sp³-hybridized carbons (Fsp3) is 0.455. The van der Waals surface area contributed by atoms with Crippen LogP contribution in [0.25, 0.3) is 0 Å². The summed E-state index contributed by atoms with van der Waals surface area (Å²) in [5, 5.41) is 10.0. The van der Waals surface area contributed by atoms with Crippen LogP contribution in [0, 0.1) is 5.82 Å². The molecule has 0 radical (unpaired) electrons. The molecule has 0 aromatic heterocycles. The second kappa shape index (κ2) is 4.59. The van der Waals surface area contributed by atoms with Crippen LogP contribution in [0.15, 0.2) is 18.2 Å². The van der Waals surface area contributed by atoms with Gasteiger partial charge in [-0.05, 0) is 19.1 Å². The zero-order valence-corrected chi connectivity index (χ0v) is 9.08. The van der Waals surface area contributed by atoms with Crippen molar-refractivity contribution in [3.05, 3.63) is 29.6 Å². The van der Waals surface area contributed by atoms with Crippen molar-refractivity contribution in [2.45, 2.75) is 12.5 Å². The third-order valence-corrected chi connectivity index (χ3v) is 2.16. The van der Waals surface area contributed by atoms with Gasteiger partial charge >= 0.3 is 0 Å². The van der Waals surface area contributed by atoms with Gasteiger partial charge in [0.15, 0.2) is 0 Å². The molecule has 1 aromatic rings. The minimum atomic E-state index is -1.40. The lowest BCUT2D eigenvalue weighted by atomic mass is 9.95. The van der Waals surface area contributed by atoms with E-state index in [1.165, 1.54) is 33.3 Å². The van der Waals surface area contributed by atoms with E-state index in [9.17, 15) is 9.50 Å². The second-order valence-electron chi connectivity index (χ2n) is 3.52. The van der Waals surface area contributed by atoms with Crippen LogP contribution in [0.4, 0.5) is 4.39 Å². The monoisotopic (exact) mass is 214 g/mol. The lowest BCUT2D eigenvalue weighted by Gasteiger charge is -2.25. The molecule has 1 atom stereocenters. The first-order chi connectivity index (χ1) is 7.03. The molecule has 0 bridgehead atoms. The van der Waals surface area contributed by atoms with Crippen LogP contribution in [0.2, 0.25) is 0 Å². The molecule has 1 N–H and O–H groups in total. The van der Waals surface area contributed by atoms with Gasteiger partial charge in [-0.15, -0.1) is 0 Å². The quantitative estimate of drug-likeness (QED) is 0.828. The summed E-state index contributed by atoms with van der Waals surface area (Å²) in [6.07, 6.45) is 0. The Bertz CT molecular complexity index is 337. The van der Waals surface area contributed by atoms with Crippen molar-refractivity contribution in [3.63, 3.8) is 0 Å². The number of aliphatic hydroxyl groups is 1. The Morgan fingerprint density at radius 1 is 1.40 bits per heavy atom. The van der Waals surface area contributed by atoms with E-state index < -0.39 is 11.4 Å². The molecule has 15 heavy (non-hydrogen) atoms. The molecule has 0 aliphatic rings. The molecule has 1 unspecified atom stereocenters. The van der Waals surface area contributed by atoms with Crippen molar-refractivity contribution in [1.29, 1.82) is 0 Å². The number of methoxy groups -OCH3 is 2. The number of rotatable bonds is 4. The van der Waals surface area contributed by atoms with Gasteiger partial charge in [0.2, 0.25) is 0 Å². The van der Waals surface area contributed by atoms with Crippen molar-refractivity contribution in [3.8, 4) is 5.75 Å². The third-order valence-electron chi connectivity index (χ3n) is 2.16. The molecule has 0 heterocycles. The number of hydrogen-bond acceptors (Lipinski definition) is 3. The lowest BCUT2D eigenvalue weighted by Crippen LogP contribution is -2.29. The topological polar surface area (TPSA) is 38.7 Å². The molecule has 0 spiro atoms. The van der Waals surface area contributed by atoms with Crippen molar-refractivity contribution in [1.82, 2.24) is 0 Å². The van der Waals surface area contributed by atoms with Gasteiger partial charge in [0.25, 0.3) is 0 Å². The van der Waals surface area contributed by atoms with Crippen LogP contribution < -0.4 is 4.74 Å². The highest BCUT2D eigenvalue weighted by molar-refractivity contribution is 5.38. The van der Waals surface area contributed by atoms with Crippen molar-refractivity contribution in [2.75, 3.05) is 20.8 Å². The van der Waals surface area contributed by atoms with Gasteiger partial charge in [0.05, 0.1) is 19.3 Å². The Hall–Kier alpha value is -1.13. The Kier molecular flexibility index (Phi) is 3.66. The van der Waals surface area contributed by atoms with Gasteiger partial charge in [-0.3, -0.25) is 0 Å². The first kappa shape index (κ1) is 11.9. The number of halogens is 1. The maximum Gasteiger partial charge on any atom is 0.133 e. The number of benzene rings is 1. The first-order valence-electron chi connectivity index (χ1n) is 4.57. The van der Waals surface area contributed by atoms with Gasteiger partial charge < -0.3 is 14.6 Å². The molecule has 3 nitrogen and oxygen atoms in total. The standard InChI is InChI=1S/C11H15FO3/c1-11(13,7-14-2)10-8(12)5-4-6-9(10)15-3/h4-6,13H,7H2,1-3H3. The average Bonchev–Trinajstić information content (AvgIpc) is 2.16.